The van der Waals surface area contributed by atoms with Crippen molar-refractivity contribution < 1.29 is 0 Å². The van der Waals surface area contributed by atoms with E-state index in [1.165, 1.54) is 10.6 Å². The SMILES string of the molecule is O=c1cc(CCl)nc2c(Br)c[nH]n12. The summed E-state index contributed by atoms with van der Waals surface area (Å²) in [5, 5.41) is 2.76. The van der Waals surface area contributed by atoms with Crippen LogP contribution in [-0.2, 0) is 5.88 Å². The highest BCUT2D eigenvalue weighted by molar-refractivity contribution is 9.10. The lowest BCUT2D eigenvalue weighted by atomic mass is 10.4. The zero-order valence-corrected chi connectivity index (χ0v) is 8.76. The molecule has 0 atom stereocenters. The lowest BCUT2D eigenvalue weighted by Gasteiger charge is -1.95. The second kappa shape index (κ2) is 3.16. The molecule has 0 radical (unpaired) electrons. The Bertz CT molecular complexity index is 504. The molecule has 2 heterocycles. The number of fused-ring (bicyclic) bond motifs is 1. The first-order valence-corrected chi connectivity index (χ1v) is 4.86. The summed E-state index contributed by atoms with van der Waals surface area (Å²) in [6.45, 7) is 0. The average Bonchev–Trinajstić information content (AvgIpc) is 2.48. The van der Waals surface area contributed by atoms with Crippen molar-refractivity contribution in [2.75, 3.05) is 0 Å². The van der Waals surface area contributed by atoms with Gasteiger partial charge in [-0.25, -0.2) is 9.50 Å². The molecule has 0 saturated heterocycles. The molecule has 0 fully saturated rings. The smallest absolute Gasteiger partial charge is 0.272 e. The standard InChI is InChI=1S/C7H5BrClN3O/c8-5-3-10-12-6(13)1-4(2-9)11-7(5)12/h1,3,10H,2H2. The molecule has 0 aromatic carbocycles. The summed E-state index contributed by atoms with van der Waals surface area (Å²) < 4.78 is 2.09. The molecule has 2 aromatic rings. The second-order valence-corrected chi connectivity index (χ2v) is 3.62. The van der Waals surface area contributed by atoms with Gasteiger partial charge in [0.2, 0.25) is 0 Å². The number of halogens is 2. The maximum absolute atomic E-state index is 11.4. The van der Waals surface area contributed by atoms with Crippen molar-refractivity contribution in [1.29, 1.82) is 0 Å². The summed E-state index contributed by atoms with van der Waals surface area (Å²) in [5.41, 5.74) is 0.974. The van der Waals surface area contributed by atoms with Gasteiger partial charge in [0, 0.05) is 12.3 Å². The molecule has 1 N–H and O–H groups in total. The molecular formula is C7H5BrClN3O. The lowest BCUT2D eigenvalue weighted by molar-refractivity contribution is 0.887. The normalized spacial score (nSPS) is 10.9. The van der Waals surface area contributed by atoms with Crippen molar-refractivity contribution >= 4 is 33.2 Å². The van der Waals surface area contributed by atoms with Crippen LogP contribution in [0.25, 0.3) is 5.65 Å². The minimum atomic E-state index is -0.161. The van der Waals surface area contributed by atoms with Crippen LogP contribution in [0, 0.1) is 0 Å². The summed E-state index contributed by atoms with van der Waals surface area (Å²) in [4.78, 5) is 15.6. The molecule has 0 amide bonds. The highest BCUT2D eigenvalue weighted by Crippen LogP contribution is 2.13. The van der Waals surface area contributed by atoms with Gasteiger partial charge in [0.25, 0.3) is 5.56 Å². The molecule has 0 bridgehead atoms. The van der Waals surface area contributed by atoms with Crippen LogP contribution in [-0.4, -0.2) is 14.6 Å². The quantitative estimate of drug-likeness (QED) is 0.792. The van der Waals surface area contributed by atoms with Crippen LogP contribution in [0.2, 0.25) is 0 Å². The van der Waals surface area contributed by atoms with Crippen LogP contribution in [0.1, 0.15) is 5.69 Å². The van der Waals surface area contributed by atoms with Crippen molar-refractivity contribution in [2.24, 2.45) is 0 Å². The number of H-pyrrole nitrogens is 1. The molecule has 0 unspecified atom stereocenters. The predicted octanol–water partition coefficient (Wildman–Crippen LogP) is 1.52. The Kier molecular flexibility index (Phi) is 2.13. The third kappa shape index (κ3) is 1.38. The molecule has 2 aromatic heterocycles. The van der Waals surface area contributed by atoms with Crippen LogP contribution in [0.3, 0.4) is 0 Å². The van der Waals surface area contributed by atoms with Gasteiger partial charge >= 0.3 is 0 Å². The van der Waals surface area contributed by atoms with Gasteiger partial charge in [-0.3, -0.25) is 9.89 Å². The number of hydrogen-bond donors (Lipinski definition) is 1. The van der Waals surface area contributed by atoms with Gasteiger partial charge in [0.05, 0.1) is 16.0 Å². The van der Waals surface area contributed by atoms with E-state index in [0.29, 0.717) is 11.3 Å². The first-order valence-electron chi connectivity index (χ1n) is 3.54. The van der Waals surface area contributed by atoms with Crippen molar-refractivity contribution in [1.82, 2.24) is 14.6 Å². The van der Waals surface area contributed by atoms with Crippen molar-refractivity contribution in [3.05, 3.63) is 32.8 Å². The van der Waals surface area contributed by atoms with E-state index >= 15 is 0 Å². The Morgan fingerprint density at radius 3 is 3.15 bits per heavy atom. The summed E-state index contributed by atoms with van der Waals surface area (Å²) in [6, 6.07) is 1.41. The molecule has 13 heavy (non-hydrogen) atoms. The molecule has 0 saturated carbocycles. The van der Waals surface area contributed by atoms with E-state index in [4.69, 9.17) is 11.6 Å². The summed E-state index contributed by atoms with van der Waals surface area (Å²) in [5.74, 6) is 0.239. The van der Waals surface area contributed by atoms with E-state index in [1.807, 2.05) is 0 Å². The molecule has 0 aliphatic rings. The molecule has 6 heteroatoms. The highest BCUT2D eigenvalue weighted by Gasteiger charge is 2.05. The molecular weight excluding hydrogens is 257 g/mol. The first-order chi connectivity index (χ1) is 6.22. The number of aromatic amines is 1. The monoisotopic (exact) mass is 261 g/mol. The van der Waals surface area contributed by atoms with E-state index in [-0.39, 0.29) is 11.4 Å². The third-order valence-corrected chi connectivity index (χ3v) is 2.50. The van der Waals surface area contributed by atoms with E-state index in [0.717, 1.165) is 4.47 Å². The van der Waals surface area contributed by atoms with Crippen molar-refractivity contribution in [2.45, 2.75) is 5.88 Å². The maximum Gasteiger partial charge on any atom is 0.272 e. The number of aromatic nitrogens is 3. The number of nitrogens with zero attached hydrogens (tertiary/aromatic N) is 2. The van der Waals surface area contributed by atoms with Gasteiger partial charge in [-0.15, -0.1) is 11.6 Å². The average molecular weight is 262 g/mol. The number of alkyl halides is 1. The van der Waals surface area contributed by atoms with Crippen LogP contribution >= 0.6 is 27.5 Å². The Balaban J connectivity index is 2.88. The van der Waals surface area contributed by atoms with Crippen LogP contribution in [0.5, 0.6) is 0 Å². The predicted molar refractivity (Wildman–Crippen MR) is 53.1 cm³/mol. The van der Waals surface area contributed by atoms with Gasteiger partial charge in [-0.2, -0.15) is 0 Å². The van der Waals surface area contributed by atoms with Crippen LogP contribution < -0.4 is 5.56 Å². The topological polar surface area (TPSA) is 50.2 Å². The summed E-state index contributed by atoms with van der Waals surface area (Å²) in [6.07, 6.45) is 1.65. The maximum atomic E-state index is 11.4. The van der Waals surface area contributed by atoms with E-state index < -0.39 is 0 Å². The summed E-state index contributed by atoms with van der Waals surface area (Å²) in [7, 11) is 0. The third-order valence-electron chi connectivity index (χ3n) is 1.64. The summed E-state index contributed by atoms with van der Waals surface area (Å²) >= 11 is 8.85. The van der Waals surface area contributed by atoms with E-state index in [2.05, 4.69) is 26.0 Å². The second-order valence-electron chi connectivity index (χ2n) is 2.50. The number of rotatable bonds is 1. The largest absolute Gasteiger partial charge is 0.296 e. The zero-order valence-electron chi connectivity index (χ0n) is 6.42. The highest BCUT2D eigenvalue weighted by atomic mass is 79.9. The molecule has 0 aliphatic carbocycles. The molecule has 2 rings (SSSR count). The fraction of sp³-hybridized carbons (Fsp3) is 0.143. The fourth-order valence-corrected chi connectivity index (χ4v) is 1.57. The molecule has 4 nitrogen and oxygen atoms in total. The number of nitrogens with one attached hydrogen (secondary N) is 1. The van der Waals surface area contributed by atoms with Gasteiger partial charge in [-0.1, -0.05) is 0 Å². The van der Waals surface area contributed by atoms with Gasteiger partial charge in [0.15, 0.2) is 5.65 Å². The van der Waals surface area contributed by atoms with Crippen LogP contribution in [0.4, 0.5) is 0 Å². The molecule has 0 spiro atoms. The minimum Gasteiger partial charge on any atom is -0.296 e. The van der Waals surface area contributed by atoms with E-state index in [1.54, 1.807) is 6.20 Å². The van der Waals surface area contributed by atoms with Crippen molar-refractivity contribution in [3.63, 3.8) is 0 Å². The molecule has 0 aliphatic heterocycles. The minimum absolute atomic E-state index is 0.161. The van der Waals surface area contributed by atoms with E-state index in [9.17, 15) is 4.79 Å². The Morgan fingerprint density at radius 2 is 2.46 bits per heavy atom. The Morgan fingerprint density at radius 1 is 1.69 bits per heavy atom. The number of hydrogen-bond acceptors (Lipinski definition) is 2. The van der Waals surface area contributed by atoms with Gasteiger partial charge < -0.3 is 0 Å². The Hall–Kier alpha value is -0.810. The van der Waals surface area contributed by atoms with Crippen LogP contribution in [0.15, 0.2) is 21.5 Å². The Labute approximate surface area is 86.7 Å². The van der Waals surface area contributed by atoms with Gasteiger partial charge in [0.1, 0.15) is 0 Å². The van der Waals surface area contributed by atoms with Crippen molar-refractivity contribution in [3.8, 4) is 0 Å². The lowest BCUT2D eigenvalue weighted by Crippen LogP contribution is -2.14. The first kappa shape index (κ1) is 8.77. The molecule has 68 valence electrons. The zero-order chi connectivity index (χ0) is 9.42. The van der Waals surface area contributed by atoms with Gasteiger partial charge in [-0.05, 0) is 15.9 Å². The fourth-order valence-electron chi connectivity index (χ4n) is 1.07.